The molecule has 1 amide bonds. The molecule has 1 aliphatic heterocycles. The Hall–Kier alpha value is -0.730. The molecule has 20 heavy (non-hydrogen) atoms. The van der Waals surface area contributed by atoms with E-state index in [1.165, 1.54) is 6.92 Å². The van der Waals surface area contributed by atoms with Crippen LogP contribution in [0.2, 0.25) is 0 Å². The van der Waals surface area contributed by atoms with Crippen LogP contribution in [0.5, 0.6) is 0 Å². The summed E-state index contributed by atoms with van der Waals surface area (Å²) in [6.45, 7) is 5.37. The zero-order valence-electron chi connectivity index (χ0n) is 12.2. The van der Waals surface area contributed by atoms with Gasteiger partial charge < -0.3 is 30.1 Å². The van der Waals surface area contributed by atoms with E-state index in [1.54, 1.807) is 0 Å². The number of rotatable bonds is 6. The fraction of sp³-hybridized carbons (Fsp3) is 0.923. The summed E-state index contributed by atoms with van der Waals surface area (Å²) in [6, 6.07) is -0.863. The van der Waals surface area contributed by atoms with Crippen molar-refractivity contribution in [3.05, 3.63) is 0 Å². The maximum absolute atomic E-state index is 11.2. The molecule has 118 valence electrons. The standard InChI is InChI=1S/C13H25NO6/c1-7(2)4-5-19-13-10(14-8(3)16)12(18)11(17)9(6-15)20-13/h7,9-13,15,17-18H,4-6H2,1-3H3,(H,14,16)/t9-,10+,11+,12-,13-/m0/s1. The van der Waals surface area contributed by atoms with Crippen LogP contribution in [0.15, 0.2) is 0 Å². The normalized spacial score (nSPS) is 34.2. The maximum Gasteiger partial charge on any atom is 0.217 e. The van der Waals surface area contributed by atoms with Gasteiger partial charge in [0.15, 0.2) is 6.29 Å². The van der Waals surface area contributed by atoms with Crippen molar-refractivity contribution in [2.75, 3.05) is 13.2 Å². The van der Waals surface area contributed by atoms with E-state index in [9.17, 15) is 15.0 Å². The van der Waals surface area contributed by atoms with Crippen molar-refractivity contribution in [1.82, 2.24) is 5.32 Å². The summed E-state index contributed by atoms with van der Waals surface area (Å²) in [5, 5.41) is 31.5. The van der Waals surface area contributed by atoms with E-state index in [0.717, 1.165) is 6.42 Å². The van der Waals surface area contributed by atoms with Crippen molar-refractivity contribution in [2.24, 2.45) is 5.92 Å². The summed E-state index contributed by atoms with van der Waals surface area (Å²) < 4.78 is 11.0. The van der Waals surface area contributed by atoms with Crippen LogP contribution in [-0.4, -0.2) is 65.1 Å². The first-order valence-electron chi connectivity index (χ1n) is 6.88. The van der Waals surface area contributed by atoms with Gasteiger partial charge in [-0.1, -0.05) is 13.8 Å². The lowest BCUT2D eigenvalue weighted by atomic mass is 9.97. The molecule has 1 rings (SSSR count). The van der Waals surface area contributed by atoms with Gasteiger partial charge in [0, 0.05) is 6.92 Å². The minimum Gasteiger partial charge on any atom is -0.394 e. The zero-order chi connectivity index (χ0) is 15.3. The molecule has 0 bridgehead atoms. The highest BCUT2D eigenvalue weighted by molar-refractivity contribution is 5.73. The molecule has 4 N–H and O–H groups in total. The predicted octanol–water partition coefficient (Wildman–Crippen LogP) is -1.01. The molecule has 0 aromatic heterocycles. The Morgan fingerprint density at radius 3 is 2.50 bits per heavy atom. The van der Waals surface area contributed by atoms with Crippen LogP contribution in [0.3, 0.4) is 0 Å². The van der Waals surface area contributed by atoms with Gasteiger partial charge in [0.2, 0.25) is 5.91 Å². The first kappa shape index (κ1) is 17.3. The van der Waals surface area contributed by atoms with Gasteiger partial charge in [-0.25, -0.2) is 0 Å². The molecule has 1 heterocycles. The number of carbonyl (C=O) groups is 1. The maximum atomic E-state index is 11.2. The largest absolute Gasteiger partial charge is 0.394 e. The third-order valence-corrected chi connectivity index (χ3v) is 3.23. The Kier molecular flexibility index (Phi) is 6.84. The molecule has 1 saturated heterocycles. The quantitative estimate of drug-likeness (QED) is 0.499. The van der Waals surface area contributed by atoms with Crippen LogP contribution in [0.1, 0.15) is 27.2 Å². The summed E-state index contributed by atoms with van der Waals surface area (Å²) in [7, 11) is 0. The number of aliphatic hydroxyl groups excluding tert-OH is 3. The van der Waals surface area contributed by atoms with E-state index in [1.807, 2.05) is 13.8 Å². The second kappa shape index (κ2) is 7.90. The smallest absolute Gasteiger partial charge is 0.217 e. The summed E-state index contributed by atoms with van der Waals surface area (Å²) in [5.74, 6) is 0.0896. The monoisotopic (exact) mass is 291 g/mol. The molecular weight excluding hydrogens is 266 g/mol. The molecular formula is C13H25NO6. The van der Waals surface area contributed by atoms with Gasteiger partial charge in [0.05, 0.1) is 13.2 Å². The van der Waals surface area contributed by atoms with E-state index in [0.29, 0.717) is 12.5 Å². The van der Waals surface area contributed by atoms with Crippen LogP contribution in [0.4, 0.5) is 0 Å². The van der Waals surface area contributed by atoms with Gasteiger partial charge in [0.25, 0.3) is 0 Å². The lowest BCUT2D eigenvalue weighted by Gasteiger charge is -2.42. The Morgan fingerprint density at radius 1 is 1.35 bits per heavy atom. The summed E-state index contributed by atoms with van der Waals surface area (Å²) in [6.07, 6.45) is -3.56. The highest BCUT2D eigenvalue weighted by atomic mass is 16.7. The predicted molar refractivity (Wildman–Crippen MR) is 70.8 cm³/mol. The van der Waals surface area contributed by atoms with Gasteiger partial charge in [-0.15, -0.1) is 0 Å². The molecule has 0 unspecified atom stereocenters. The van der Waals surface area contributed by atoms with Crippen LogP contribution in [-0.2, 0) is 14.3 Å². The van der Waals surface area contributed by atoms with E-state index in [4.69, 9.17) is 14.6 Å². The molecule has 5 atom stereocenters. The third-order valence-electron chi connectivity index (χ3n) is 3.23. The second-order valence-electron chi connectivity index (χ2n) is 5.49. The molecule has 1 fully saturated rings. The molecule has 0 aliphatic carbocycles. The van der Waals surface area contributed by atoms with E-state index in [-0.39, 0.29) is 5.91 Å². The fourth-order valence-corrected chi connectivity index (χ4v) is 2.03. The van der Waals surface area contributed by atoms with Gasteiger partial charge in [0.1, 0.15) is 24.4 Å². The molecule has 7 nitrogen and oxygen atoms in total. The van der Waals surface area contributed by atoms with Crippen molar-refractivity contribution >= 4 is 5.91 Å². The van der Waals surface area contributed by atoms with Gasteiger partial charge in [-0.2, -0.15) is 0 Å². The number of hydrogen-bond donors (Lipinski definition) is 4. The van der Waals surface area contributed by atoms with Crippen molar-refractivity contribution in [1.29, 1.82) is 0 Å². The SMILES string of the molecule is CC(=O)N[C@H]1[C@@H](OCCC(C)C)O[C@@H](CO)[C@@H](O)[C@H]1O. The number of hydrogen-bond acceptors (Lipinski definition) is 6. The Balaban J connectivity index is 2.70. The number of nitrogens with one attached hydrogen (secondary N) is 1. The molecule has 0 aromatic rings. The summed E-state index contributed by atoms with van der Waals surface area (Å²) in [5.41, 5.74) is 0. The first-order valence-corrected chi connectivity index (χ1v) is 6.88. The highest BCUT2D eigenvalue weighted by Crippen LogP contribution is 2.22. The Bertz CT molecular complexity index is 311. The van der Waals surface area contributed by atoms with Crippen molar-refractivity contribution in [3.8, 4) is 0 Å². The molecule has 0 spiro atoms. The molecule has 0 radical (unpaired) electrons. The van der Waals surface area contributed by atoms with Crippen LogP contribution >= 0.6 is 0 Å². The van der Waals surface area contributed by atoms with Crippen molar-refractivity contribution in [3.63, 3.8) is 0 Å². The van der Waals surface area contributed by atoms with Crippen LogP contribution in [0, 0.1) is 5.92 Å². The van der Waals surface area contributed by atoms with Gasteiger partial charge in [-0.3, -0.25) is 4.79 Å². The lowest BCUT2D eigenvalue weighted by Crippen LogP contribution is -2.64. The average molecular weight is 291 g/mol. The van der Waals surface area contributed by atoms with Crippen molar-refractivity contribution in [2.45, 2.75) is 57.8 Å². The number of amides is 1. The lowest BCUT2D eigenvalue weighted by molar-refractivity contribution is -0.270. The molecule has 0 aromatic carbocycles. The topological polar surface area (TPSA) is 108 Å². The Morgan fingerprint density at radius 2 is 2.00 bits per heavy atom. The molecule has 7 heteroatoms. The highest BCUT2D eigenvalue weighted by Gasteiger charge is 2.45. The van der Waals surface area contributed by atoms with Gasteiger partial charge >= 0.3 is 0 Å². The average Bonchev–Trinajstić information content (AvgIpc) is 2.36. The third kappa shape index (κ3) is 4.68. The summed E-state index contributed by atoms with van der Waals surface area (Å²) >= 11 is 0. The van der Waals surface area contributed by atoms with E-state index in [2.05, 4.69) is 5.32 Å². The number of carbonyl (C=O) groups excluding carboxylic acids is 1. The van der Waals surface area contributed by atoms with Crippen LogP contribution in [0.25, 0.3) is 0 Å². The fourth-order valence-electron chi connectivity index (χ4n) is 2.03. The number of ether oxygens (including phenoxy) is 2. The van der Waals surface area contributed by atoms with E-state index < -0.39 is 37.3 Å². The Labute approximate surface area is 118 Å². The minimum absolute atomic E-state index is 0.357. The summed E-state index contributed by atoms with van der Waals surface area (Å²) in [4.78, 5) is 11.2. The number of aliphatic hydroxyl groups is 3. The molecule has 0 saturated carbocycles. The minimum atomic E-state index is -1.28. The second-order valence-corrected chi connectivity index (χ2v) is 5.49. The zero-order valence-corrected chi connectivity index (χ0v) is 12.2. The van der Waals surface area contributed by atoms with E-state index >= 15 is 0 Å². The molecule has 1 aliphatic rings. The van der Waals surface area contributed by atoms with Gasteiger partial charge in [-0.05, 0) is 12.3 Å². The van der Waals surface area contributed by atoms with Crippen molar-refractivity contribution < 1.29 is 29.6 Å². The first-order chi connectivity index (χ1) is 9.36. The van der Waals surface area contributed by atoms with Crippen LogP contribution < -0.4 is 5.32 Å².